The molecule has 1 fully saturated rings. The average molecular weight is 406 g/mol. The van der Waals surface area contributed by atoms with E-state index >= 15 is 0 Å². The Morgan fingerprint density at radius 1 is 1.10 bits per heavy atom. The number of hydrogen-bond acceptors (Lipinski definition) is 6. The summed E-state index contributed by atoms with van der Waals surface area (Å²) in [4.78, 5) is 18.1. The zero-order chi connectivity index (χ0) is 20.9. The van der Waals surface area contributed by atoms with Crippen molar-refractivity contribution in [1.29, 1.82) is 0 Å². The van der Waals surface area contributed by atoms with Crippen LogP contribution in [0.1, 0.15) is 11.1 Å². The molecule has 2 aromatic carbocycles. The van der Waals surface area contributed by atoms with Crippen LogP contribution >= 0.6 is 0 Å². The Morgan fingerprint density at radius 3 is 2.60 bits per heavy atom. The molecular weight excluding hydrogens is 380 g/mol. The molecule has 0 spiro atoms. The second-order valence-electron chi connectivity index (χ2n) is 7.49. The van der Waals surface area contributed by atoms with Crippen molar-refractivity contribution in [3.63, 3.8) is 0 Å². The van der Waals surface area contributed by atoms with E-state index in [4.69, 9.17) is 4.74 Å². The third kappa shape index (κ3) is 4.65. The molecule has 3 aromatic rings. The molecule has 1 amide bonds. The molecule has 30 heavy (non-hydrogen) atoms. The number of likely N-dealkylation sites (N-methyl/N-ethyl adjacent to an activating group) is 1. The highest BCUT2D eigenvalue weighted by Crippen LogP contribution is 2.23. The fourth-order valence-electron chi connectivity index (χ4n) is 3.47. The number of amides is 1. The minimum absolute atomic E-state index is 0.0507. The highest BCUT2D eigenvalue weighted by Gasteiger charge is 2.18. The lowest BCUT2D eigenvalue weighted by molar-refractivity contribution is -0.131. The Labute approximate surface area is 176 Å². The molecule has 2 heterocycles. The first-order valence-corrected chi connectivity index (χ1v) is 10.1. The van der Waals surface area contributed by atoms with E-state index in [1.807, 2.05) is 43.3 Å². The number of ether oxygens (including phenoxy) is 1. The van der Waals surface area contributed by atoms with Crippen molar-refractivity contribution in [2.75, 3.05) is 38.3 Å². The van der Waals surface area contributed by atoms with E-state index < -0.39 is 0 Å². The predicted octanol–water partition coefficient (Wildman–Crippen LogP) is 2.14. The maximum absolute atomic E-state index is 12.8. The van der Waals surface area contributed by atoms with Gasteiger partial charge in [-0.15, -0.1) is 10.2 Å². The van der Waals surface area contributed by atoms with Crippen molar-refractivity contribution in [2.45, 2.75) is 20.0 Å². The van der Waals surface area contributed by atoms with Gasteiger partial charge in [0.1, 0.15) is 6.54 Å². The first-order chi connectivity index (χ1) is 14.6. The normalized spacial score (nSPS) is 14.0. The van der Waals surface area contributed by atoms with Gasteiger partial charge in [0.25, 0.3) is 0 Å². The van der Waals surface area contributed by atoms with E-state index in [0.29, 0.717) is 12.4 Å². The van der Waals surface area contributed by atoms with Crippen LogP contribution in [-0.2, 0) is 22.6 Å². The van der Waals surface area contributed by atoms with E-state index in [2.05, 4.69) is 32.4 Å². The summed E-state index contributed by atoms with van der Waals surface area (Å²) in [5.41, 5.74) is 4.32. The number of tetrazole rings is 1. The summed E-state index contributed by atoms with van der Waals surface area (Å²) < 4.78 is 5.46. The molecular formula is C22H26N6O2. The van der Waals surface area contributed by atoms with E-state index in [0.717, 1.165) is 43.1 Å². The Kier molecular flexibility index (Phi) is 6.04. The van der Waals surface area contributed by atoms with E-state index in [1.54, 1.807) is 11.9 Å². The third-order valence-corrected chi connectivity index (χ3v) is 5.22. The molecule has 0 atom stereocenters. The zero-order valence-electron chi connectivity index (χ0n) is 17.4. The van der Waals surface area contributed by atoms with Gasteiger partial charge in [-0.1, -0.05) is 48.0 Å². The molecule has 0 saturated carbocycles. The minimum Gasteiger partial charge on any atom is -0.378 e. The number of benzene rings is 2. The molecule has 156 valence electrons. The first-order valence-electron chi connectivity index (χ1n) is 10.1. The van der Waals surface area contributed by atoms with Crippen LogP contribution in [0.2, 0.25) is 0 Å². The molecule has 0 radical (unpaired) electrons. The van der Waals surface area contributed by atoms with Gasteiger partial charge in [-0.05, 0) is 23.8 Å². The van der Waals surface area contributed by atoms with Gasteiger partial charge in [-0.25, -0.2) is 0 Å². The number of aryl methyl sites for hydroxylation is 1. The highest BCUT2D eigenvalue weighted by atomic mass is 16.5. The van der Waals surface area contributed by atoms with E-state index in [1.165, 1.54) is 10.4 Å². The number of rotatable bonds is 6. The van der Waals surface area contributed by atoms with Gasteiger partial charge in [0.2, 0.25) is 11.7 Å². The fraction of sp³-hybridized carbons (Fsp3) is 0.364. The van der Waals surface area contributed by atoms with Gasteiger partial charge in [-0.2, -0.15) is 4.80 Å². The van der Waals surface area contributed by atoms with Crippen molar-refractivity contribution in [2.24, 2.45) is 0 Å². The van der Waals surface area contributed by atoms with E-state index in [-0.39, 0.29) is 12.5 Å². The summed E-state index contributed by atoms with van der Waals surface area (Å²) in [6.07, 6.45) is 0. The minimum atomic E-state index is -0.0698. The lowest BCUT2D eigenvalue weighted by Crippen LogP contribution is -2.37. The molecule has 4 rings (SSSR count). The molecule has 8 nitrogen and oxygen atoms in total. The Bertz CT molecular complexity index is 995. The van der Waals surface area contributed by atoms with Gasteiger partial charge in [0.15, 0.2) is 0 Å². The summed E-state index contributed by atoms with van der Waals surface area (Å²) in [6.45, 7) is 5.77. The quantitative estimate of drug-likeness (QED) is 0.624. The lowest BCUT2D eigenvalue weighted by atomic mass is 10.1. The Balaban J connectivity index is 1.41. The van der Waals surface area contributed by atoms with Crippen LogP contribution in [0.4, 0.5) is 5.69 Å². The van der Waals surface area contributed by atoms with Crippen LogP contribution in [0.5, 0.6) is 0 Å². The number of aromatic nitrogens is 4. The number of nitrogens with zero attached hydrogens (tertiary/aromatic N) is 6. The van der Waals surface area contributed by atoms with E-state index in [9.17, 15) is 4.79 Å². The second kappa shape index (κ2) is 9.04. The van der Waals surface area contributed by atoms with Gasteiger partial charge >= 0.3 is 0 Å². The van der Waals surface area contributed by atoms with Gasteiger partial charge in [-0.3, -0.25) is 4.79 Å². The first kappa shape index (κ1) is 20.0. The van der Waals surface area contributed by atoms with Gasteiger partial charge < -0.3 is 14.5 Å². The molecule has 0 bridgehead atoms. The zero-order valence-corrected chi connectivity index (χ0v) is 17.4. The van der Waals surface area contributed by atoms with Gasteiger partial charge in [0.05, 0.1) is 13.2 Å². The smallest absolute Gasteiger partial charge is 0.246 e. The summed E-state index contributed by atoms with van der Waals surface area (Å²) in [5.74, 6) is 0.447. The molecule has 1 aliphatic heterocycles. The molecule has 8 heteroatoms. The predicted molar refractivity (Wildman–Crippen MR) is 114 cm³/mol. The van der Waals surface area contributed by atoms with Crippen molar-refractivity contribution in [3.8, 4) is 11.4 Å². The molecule has 1 saturated heterocycles. The number of carbonyl (C=O) groups is 1. The number of morpholine rings is 1. The maximum atomic E-state index is 12.8. The lowest BCUT2D eigenvalue weighted by Gasteiger charge is -2.31. The number of anilines is 1. The number of hydrogen-bond donors (Lipinski definition) is 0. The molecule has 1 aromatic heterocycles. The Morgan fingerprint density at radius 2 is 1.83 bits per heavy atom. The van der Waals surface area contributed by atoms with Crippen LogP contribution in [0, 0.1) is 6.92 Å². The van der Waals surface area contributed by atoms with Crippen molar-refractivity contribution < 1.29 is 9.53 Å². The SMILES string of the molecule is Cc1ccc(-c2nnn(CC(=O)N(C)Cc3ccccc3N3CCOCC3)n2)cc1. The van der Waals surface area contributed by atoms with Crippen molar-refractivity contribution in [3.05, 3.63) is 59.7 Å². The van der Waals surface area contributed by atoms with Crippen LogP contribution in [0.25, 0.3) is 11.4 Å². The number of para-hydroxylation sites is 1. The average Bonchev–Trinajstić information content (AvgIpc) is 3.23. The number of carbonyl (C=O) groups excluding carboxylic acids is 1. The highest BCUT2D eigenvalue weighted by molar-refractivity contribution is 5.75. The second-order valence-corrected chi connectivity index (χ2v) is 7.49. The summed E-state index contributed by atoms with van der Waals surface area (Å²) in [7, 11) is 1.80. The molecule has 0 aliphatic carbocycles. The Hall–Kier alpha value is -3.26. The van der Waals surface area contributed by atoms with Crippen LogP contribution < -0.4 is 4.90 Å². The fourth-order valence-corrected chi connectivity index (χ4v) is 3.47. The molecule has 0 N–H and O–H groups in total. The summed E-state index contributed by atoms with van der Waals surface area (Å²) >= 11 is 0. The third-order valence-electron chi connectivity index (χ3n) is 5.22. The summed E-state index contributed by atoms with van der Waals surface area (Å²) in [6, 6.07) is 16.1. The maximum Gasteiger partial charge on any atom is 0.246 e. The van der Waals surface area contributed by atoms with Crippen molar-refractivity contribution in [1.82, 2.24) is 25.1 Å². The van der Waals surface area contributed by atoms with Crippen LogP contribution in [0.15, 0.2) is 48.5 Å². The largest absolute Gasteiger partial charge is 0.378 e. The summed E-state index contributed by atoms with van der Waals surface area (Å²) in [5, 5.41) is 12.5. The monoisotopic (exact) mass is 406 g/mol. The topological polar surface area (TPSA) is 76.4 Å². The standard InChI is InChI=1S/C22H26N6O2/c1-17-7-9-18(10-8-17)22-23-25-28(24-22)16-21(29)26(2)15-19-5-3-4-6-20(19)27-11-13-30-14-12-27/h3-10H,11-16H2,1-2H3. The van der Waals surface area contributed by atoms with Crippen LogP contribution in [-0.4, -0.2) is 64.4 Å². The van der Waals surface area contributed by atoms with Gasteiger partial charge in [0, 0.05) is 37.9 Å². The van der Waals surface area contributed by atoms with Crippen molar-refractivity contribution >= 4 is 11.6 Å². The van der Waals surface area contributed by atoms with Crippen LogP contribution in [0.3, 0.4) is 0 Å². The molecule has 0 unspecified atom stereocenters. The molecule has 1 aliphatic rings.